The highest BCUT2D eigenvalue weighted by Crippen LogP contribution is 2.40. The van der Waals surface area contributed by atoms with Gasteiger partial charge in [0.25, 0.3) is 5.91 Å². The van der Waals surface area contributed by atoms with E-state index in [2.05, 4.69) is 53.0 Å². The minimum Gasteiger partial charge on any atom is -0.342 e. The number of benzene rings is 2. The molecular formula is C23H25N3OS. The molecule has 1 amide bonds. The first kappa shape index (κ1) is 18.7. The molecule has 0 spiro atoms. The molecule has 0 aliphatic carbocycles. The second-order valence-electron chi connectivity index (χ2n) is 7.27. The molecule has 3 aromatic rings. The normalized spacial score (nSPS) is 13.3. The summed E-state index contributed by atoms with van der Waals surface area (Å²) in [6.07, 6.45) is 0. The van der Waals surface area contributed by atoms with Crippen LogP contribution in [-0.4, -0.2) is 26.0 Å². The van der Waals surface area contributed by atoms with E-state index in [0.717, 1.165) is 35.7 Å². The van der Waals surface area contributed by atoms with Gasteiger partial charge in [-0.25, -0.2) is 0 Å². The maximum atomic E-state index is 13.4. The Balaban J connectivity index is 1.67. The zero-order chi connectivity index (χ0) is 19.7. The van der Waals surface area contributed by atoms with Crippen LogP contribution in [0.4, 0.5) is 17.1 Å². The van der Waals surface area contributed by atoms with Gasteiger partial charge in [0.05, 0.1) is 22.6 Å². The largest absolute Gasteiger partial charge is 0.342 e. The molecule has 0 fully saturated rings. The highest BCUT2D eigenvalue weighted by Gasteiger charge is 2.29. The van der Waals surface area contributed by atoms with Crippen molar-refractivity contribution in [1.29, 1.82) is 0 Å². The third kappa shape index (κ3) is 3.43. The number of fused-ring (bicyclic) bond motifs is 2. The smallest absolute Gasteiger partial charge is 0.260 e. The summed E-state index contributed by atoms with van der Waals surface area (Å²) in [5, 5.41) is 7.70. The predicted molar refractivity (Wildman–Crippen MR) is 118 cm³/mol. The minimum absolute atomic E-state index is 0.0572. The molecule has 2 heterocycles. The Labute approximate surface area is 170 Å². The zero-order valence-corrected chi connectivity index (χ0v) is 17.3. The Bertz CT molecular complexity index is 997. The number of rotatable bonds is 5. The number of thiophene rings is 1. The van der Waals surface area contributed by atoms with Crippen LogP contribution >= 0.6 is 11.3 Å². The lowest BCUT2D eigenvalue weighted by molar-refractivity contribution is 0.0988. The van der Waals surface area contributed by atoms with Crippen LogP contribution in [0.2, 0.25) is 0 Å². The van der Waals surface area contributed by atoms with Crippen LogP contribution in [0.25, 0.3) is 0 Å². The van der Waals surface area contributed by atoms with Gasteiger partial charge in [-0.05, 0) is 71.6 Å². The number of carbonyl (C=O) groups excluding carboxylic acids is 1. The molecule has 0 saturated heterocycles. The SMILES string of the molecule is Cc1cc2c(cc1C)N(C)c1ccccc1C(=O)N2CCNCc1ccsc1. The Morgan fingerprint density at radius 1 is 1.00 bits per heavy atom. The van der Waals surface area contributed by atoms with Gasteiger partial charge in [0.15, 0.2) is 0 Å². The zero-order valence-electron chi connectivity index (χ0n) is 16.5. The average molecular weight is 392 g/mol. The van der Waals surface area contributed by atoms with Gasteiger partial charge in [-0.1, -0.05) is 12.1 Å². The van der Waals surface area contributed by atoms with E-state index in [1.165, 1.54) is 16.7 Å². The van der Waals surface area contributed by atoms with Gasteiger partial charge in [0.2, 0.25) is 0 Å². The number of hydrogen-bond acceptors (Lipinski definition) is 4. The van der Waals surface area contributed by atoms with Crippen molar-refractivity contribution in [3.05, 3.63) is 75.5 Å². The van der Waals surface area contributed by atoms with E-state index in [4.69, 9.17) is 0 Å². The Hall–Kier alpha value is -2.63. The summed E-state index contributed by atoms with van der Waals surface area (Å²) in [6, 6.07) is 14.3. The van der Waals surface area contributed by atoms with E-state index in [9.17, 15) is 4.79 Å². The Kier molecular flexibility index (Phi) is 5.20. The van der Waals surface area contributed by atoms with Gasteiger partial charge in [-0.2, -0.15) is 11.3 Å². The molecule has 4 rings (SSSR count). The number of nitrogens with zero attached hydrogens (tertiary/aromatic N) is 2. The number of amides is 1. The molecule has 28 heavy (non-hydrogen) atoms. The standard InChI is InChI=1S/C23H25N3OS/c1-16-12-21-22(13-17(16)2)26(10-9-24-14-18-8-11-28-15-18)23(27)19-6-4-5-7-20(19)25(21)3/h4-8,11-13,15,24H,9-10,14H2,1-3H3. The first-order valence-electron chi connectivity index (χ1n) is 9.54. The van der Waals surface area contributed by atoms with Crippen LogP contribution in [0, 0.1) is 13.8 Å². The second kappa shape index (κ2) is 7.78. The van der Waals surface area contributed by atoms with Gasteiger partial charge < -0.3 is 15.1 Å². The molecule has 4 nitrogen and oxygen atoms in total. The first-order valence-corrected chi connectivity index (χ1v) is 10.5. The summed E-state index contributed by atoms with van der Waals surface area (Å²) in [4.78, 5) is 17.5. The third-order valence-electron chi connectivity index (χ3n) is 5.41. The van der Waals surface area contributed by atoms with Crippen LogP contribution in [0.15, 0.2) is 53.2 Å². The monoisotopic (exact) mass is 391 g/mol. The van der Waals surface area contributed by atoms with Crippen molar-refractivity contribution in [2.24, 2.45) is 0 Å². The Morgan fingerprint density at radius 3 is 2.50 bits per heavy atom. The number of anilines is 3. The van der Waals surface area contributed by atoms with Crippen molar-refractivity contribution in [3.8, 4) is 0 Å². The fraction of sp³-hybridized carbons (Fsp3) is 0.261. The summed E-state index contributed by atoms with van der Waals surface area (Å²) < 4.78 is 0. The highest BCUT2D eigenvalue weighted by molar-refractivity contribution is 7.07. The molecule has 144 valence electrons. The van der Waals surface area contributed by atoms with Gasteiger partial charge in [-0.3, -0.25) is 4.79 Å². The molecule has 0 saturated carbocycles. The van der Waals surface area contributed by atoms with E-state index >= 15 is 0 Å². The maximum Gasteiger partial charge on any atom is 0.260 e. The number of aryl methyl sites for hydroxylation is 2. The molecule has 2 aromatic carbocycles. The van der Waals surface area contributed by atoms with Gasteiger partial charge >= 0.3 is 0 Å². The summed E-state index contributed by atoms with van der Waals surface area (Å²) in [6.45, 7) is 6.40. The summed E-state index contributed by atoms with van der Waals surface area (Å²) in [7, 11) is 2.04. The molecule has 0 unspecified atom stereocenters. The lowest BCUT2D eigenvalue weighted by Gasteiger charge is -2.26. The summed E-state index contributed by atoms with van der Waals surface area (Å²) in [5.41, 5.74) is 7.45. The molecule has 0 radical (unpaired) electrons. The molecule has 1 aromatic heterocycles. The Morgan fingerprint density at radius 2 is 1.75 bits per heavy atom. The molecule has 5 heteroatoms. The first-order chi connectivity index (χ1) is 13.6. The molecule has 0 atom stereocenters. The van der Waals surface area contributed by atoms with Crippen LogP contribution in [-0.2, 0) is 6.54 Å². The summed E-state index contributed by atoms with van der Waals surface area (Å²) in [5.74, 6) is 0.0572. The van der Waals surface area contributed by atoms with E-state index < -0.39 is 0 Å². The predicted octanol–water partition coefficient (Wildman–Crippen LogP) is 4.88. The number of nitrogens with one attached hydrogen (secondary N) is 1. The average Bonchev–Trinajstić information content (AvgIpc) is 3.20. The summed E-state index contributed by atoms with van der Waals surface area (Å²) >= 11 is 1.70. The van der Waals surface area contributed by atoms with E-state index in [-0.39, 0.29) is 5.91 Å². The fourth-order valence-electron chi connectivity index (χ4n) is 3.64. The van der Waals surface area contributed by atoms with Crippen LogP contribution in [0.3, 0.4) is 0 Å². The van der Waals surface area contributed by atoms with Crippen molar-refractivity contribution in [2.45, 2.75) is 20.4 Å². The topological polar surface area (TPSA) is 35.6 Å². The molecule has 1 aliphatic heterocycles. The van der Waals surface area contributed by atoms with Gasteiger partial charge in [-0.15, -0.1) is 0 Å². The third-order valence-corrected chi connectivity index (χ3v) is 6.14. The van der Waals surface area contributed by atoms with Crippen LogP contribution in [0.5, 0.6) is 0 Å². The maximum absolute atomic E-state index is 13.4. The van der Waals surface area contributed by atoms with Gasteiger partial charge in [0.1, 0.15) is 0 Å². The minimum atomic E-state index is 0.0572. The van der Waals surface area contributed by atoms with Crippen molar-refractivity contribution in [1.82, 2.24) is 5.32 Å². The lowest BCUT2D eigenvalue weighted by atomic mass is 10.1. The quantitative estimate of drug-likeness (QED) is 0.630. The van der Waals surface area contributed by atoms with Crippen molar-refractivity contribution in [2.75, 3.05) is 29.9 Å². The second-order valence-corrected chi connectivity index (χ2v) is 8.05. The molecule has 0 bridgehead atoms. The molecular weight excluding hydrogens is 366 g/mol. The molecule has 1 aliphatic rings. The highest BCUT2D eigenvalue weighted by atomic mass is 32.1. The van der Waals surface area contributed by atoms with Crippen LogP contribution < -0.4 is 15.1 Å². The van der Waals surface area contributed by atoms with E-state index in [1.54, 1.807) is 11.3 Å². The van der Waals surface area contributed by atoms with E-state index in [0.29, 0.717) is 6.54 Å². The number of hydrogen-bond donors (Lipinski definition) is 1. The number of para-hydroxylation sites is 1. The van der Waals surface area contributed by atoms with Crippen LogP contribution in [0.1, 0.15) is 27.0 Å². The van der Waals surface area contributed by atoms with Crippen molar-refractivity contribution in [3.63, 3.8) is 0 Å². The van der Waals surface area contributed by atoms with Gasteiger partial charge in [0, 0.05) is 26.7 Å². The van der Waals surface area contributed by atoms with Crippen molar-refractivity contribution >= 4 is 34.3 Å². The fourth-order valence-corrected chi connectivity index (χ4v) is 4.31. The molecule has 1 N–H and O–H groups in total. The van der Waals surface area contributed by atoms with Crippen molar-refractivity contribution < 1.29 is 4.79 Å². The lowest BCUT2D eigenvalue weighted by Crippen LogP contribution is -2.36. The van der Waals surface area contributed by atoms with E-state index in [1.807, 2.05) is 36.2 Å². The number of carbonyl (C=O) groups is 1.